The summed E-state index contributed by atoms with van der Waals surface area (Å²) in [6.45, 7) is 0.849. The first-order valence-electron chi connectivity index (χ1n) is 5.88. The van der Waals surface area contributed by atoms with Crippen molar-refractivity contribution >= 4 is 10.8 Å². The molecule has 0 bridgehead atoms. The lowest BCUT2D eigenvalue weighted by Crippen LogP contribution is -2.28. The lowest BCUT2D eigenvalue weighted by atomic mass is 9.88. The first kappa shape index (κ1) is 11.8. The largest absolute Gasteiger partial charge is 0.309 e. The molecule has 1 aliphatic rings. The third-order valence-corrected chi connectivity index (χ3v) is 3.93. The Bertz CT molecular complexity index is 378. The minimum Gasteiger partial charge on any atom is -0.309 e. The summed E-state index contributed by atoms with van der Waals surface area (Å²) in [5.74, 6) is 0.749. The molecule has 2 rings (SSSR count). The molecule has 0 spiro atoms. The maximum absolute atomic E-state index is 11.0. The van der Waals surface area contributed by atoms with Gasteiger partial charge in [0.05, 0.1) is 0 Å². The molecule has 2 atom stereocenters. The Balaban J connectivity index is 1.99. The van der Waals surface area contributed by atoms with Crippen LogP contribution in [-0.4, -0.2) is 22.8 Å². The molecule has 88 valence electrons. The van der Waals surface area contributed by atoms with Crippen molar-refractivity contribution in [2.24, 2.45) is 0 Å². The molecular formula is C13H19NOS. The Kier molecular flexibility index (Phi) is 4.13. The molecule has 0 aliphatic heterocycles. The molecule has 2 unspecified atom stereocenters. The van der Waals surface area contributed by atoms with Gasteiger partial charge in [-0.25, -0.2) is 0 Å². The third-order valence-electron chi connectivity index (χ3n) is 3.15. The van der Waals surface area contributed by atoms with E-state index in [-0.39, 0.29) is 0 Å². The lowest BCUT2D eigenvalue weighted by molar-refractivity contribution is 0.472. The molecular weight excluding hydrogens is 218 g/mol. The van der Waals surface area contributed by atoms with Crippen molar-refractivity contribution < 1.29 is 4.21 Å². The Morgan fingerprint density at radius 2 is 2.25 bits per heavy atom. The van der Waals surface area contributed by atoms with Crippen LogP contribution >= 0.6 is 0 Å². The highest BCUT2D eigenvalue weighted by atomic mass is 32.2. The molecule has 0 saturated carbocycles. The zero-order valence-electron chi connectivity index (χ0n) is 9.74. The maximum Gasteiger partial charge on any atom is 0.0357 e. The first-order valence-corrected chi connectivity index (χ1v) is 7.61. The Hall–Kier alpha value is -0.670. The van der Waals surface area contributed by atoms with Crippen LogP contribution in [0.15, 0.2) is 24.3 Å². The minimum atomic E-state index is -0.690. The summed E-state index contributed by atoms with van der Waals surface area (Å²) in [5.41, 5.74) is 2.92. The Morgan fingerprint density at radius 1 is 1.44 bits per heavy atom. The van der Waals surface area contributed by atoms with Gasteiger partial charge in [0.1, 0.15) is 0 Å². The van der Waals surface area contributed by atoms with E-state index < -0.39 is 10.8 Å². The first-order chi connectivity index (χ1) is 7.77. The number of hydrogen-bond acceptors (Lipinski definition) is 2. The molecule has 1 aromatic rings. The third kappa shape index (κ3) is 2.92. The molecule has 0 saturated heterocycles. The molecule has 0 amide bonds. The van der Waals surface area contributed by atoms with Crippen molar-refractivity contribution in [3.05, 3.63) is 35.4 Å². The van der Waals surface area contributed by atoms with Crippen molar-refractivity contribution in [2.75, 3.05) is 18.6 Å². The van der Waals surface area contributed by atoms with E-state index in [9.17, 15) is 4.21 Å². The van der Waals surface area contributed by atoms with Crippen molar-refractivity contribution in [2.45, 2.75) is 25.3 Å². The summed E-state index contributed by atoms with van der Waals surface area (Å²) in [4.78, 5) is 0. The van der Waals surface area contributed by atoms with Crippen LogP contribution in [0, 0.1) is 0 Å². The van der Waals surface area contributed by atoms with E-state index in [0.717, 1.165) is 12.3 Å². The summed E-state index contributed by atoms with van der Waals surface area (Å²) in [7, 11) is -0.690. The zero-order valence-corrected chi connectivity index (χ0v) is 10.6. The van der Waals surface area contributed by atoms with Crippen LogP contribution in [0.4, 0.5) is 0 Å². The average molecular weight is 237 g/mol. The van der Waals surface area contributed by atoms with Gasteiger partial charge in [0, 0.05) is 35.4 Å². The second-order valence-electron chi connectivity index (χ2n) is 4.38. The Labute approximate surface area is 99.9 Å². The molecule has 0 heterocycles. The second-order valence-corrected chi connectivity index (χ2v) is 5.93. The predicted molar refractivity (Wildman–Crippen MR) is 69.1 cm³/mol. The predicted octanol–water partition coefficient (Wildman–Crippen LogP) is 2.03. The van der Waals surface area contributed by atoms with Crippen molar-refractivity contribution in [3.63, 3.8) is 0 Å². The van der Waals surface area contributed by atoms with Gasteiger partial charge in [-0.3, -0.25) is 4.21 Å². The van der Waals surface area contributed by atoms with Crippen LogP contribution in [-0.2, 0) is 17.2 Å². The molecule has 2 nitrogen and oxygen atoms in total. The summed E-state index contributed by atoms with van der Waals surface area (Å²) in [6, 6.07) is 9.13. The van der Waals surface area contributed by atoms with Gasteiger partial charge in [-0.2, -0.15) is 0 Å². The van der Waals surface area contributed by atoms with Gasteiger partial charge in [-0.15, -0.1) is 0 Å². The standard InChI is InChI=1S/C13H19NOS/c1-16(15)10-9-14-13-8-4-6-11-5-2-3-7-12(11)13/h2-3,5,7,13-14H,4,6,8-10H2,1H3. The van der Waals surface area contributed by atoms with E-state index in [1.807, 2.05) is 0 Å². The highest BCUT2D eigenvalue weighted by Gasteiger charge is 2.18. The van der Waals surface area contributed by atoms with Crippen LogP contribution in [0.3, 0.4) is 0 Å². The molecule has 0 aromatic heterocycles. The summed E-state index contributed by atoms with van der Waals surface area (Å²) >= 11 is 0. The number of rotatable bonds is 4. The minimum absolute atomic E-state index is 0.466. The van der Waals surface area contributed by atoms with Crippen LogP contribution in [0.5, 0.6) is 0 Å². The lowest BCUT2D eigenvalue weighted by Gasteiger charge is -2.26. The molecule has 1 N–H and O–H groups in total. The SMILES string of the molecule is CS(=O)CCNC1CCCc2ccccc21. The van der Waals surface area contributed by atoms with E-state index in [1.165, 1.54) is 30.4 Å². The van der Waals surface area contributed by atoms with E-state index in [0.29, 0.717) is 6.04 Å². The number of aryl methyl sites for hydroxylation is 1. The second kappa shape index (κ2) is 5.60. The van der Waals surface area contributed by atoms with E-state index in [1.54, 1.807) is 6.26 Å². The average Bonchev–Trinajstić information content (AvgIpc) is 2.29. The fourth-order valence-corrected chi connectivity index (χ4v) is 2.75. The smallest absolute Gasteiger partial charge is 0.0357 e. The summed E-state index contributed by atoms with van der Waals surface area (Å²) < 4.78 is 11.0. The van der Waals surface area contributed by atoms with Crippen LogP contribution in [0.2, 0.25) is 0 Å². The van der Waals surface area contributed by atoms with Crippen molar-refractivity contribution in [1.29, 1.82) is 0 Å². The molecule has 3 heteroatoms. The number of nitrogens with one attached hydrogen (secondary N) is 1. The fourth-order valence-electron chi connectivity index (χ4n) is 2.34. The highest BCUT2D eigenvalue weighted by molar-refractivity contribution is 7.84. The summed E-state index contributed by atoms with van der Waals surface area (Å²) in [6.07, 6.45) is 5.42. The molecule has 0 fully saturated rings. The monoisotopic (exact) mass is 237 g/mol. The summed E-state index contributed by atoms with van der Waals surface area (Å²) in [5, 5.41) is 3.52. The number of fused-ring (bicyclic) bond motifs is 1. The fraction of sp³-hybridized carbons (Fsp3) is 0.538. The van der Waals surface area contributed by atoms with Gasteiger partial charge in [-0.1, -0.05) is 24.3 Å². The Morgan fingerprint density at radius 3 is 3.06 bits per heavy atom. The van der Waals surface area contributed by atoms with Gasteiger partial charge in [0.15, 0.2) is 0 Å². The van der Waals surface area contributed by atoms with E-state index in [4.69, 9.17) is 0 Å². The van der Waals surface area contributed by atoms with E-state index >= 15 is 0 Å². The van der Waals surface area contributed by atoms with Gasteiger partial charge < -0.3 is 5.32 Å². The normalized spacial score (nSPS) is 21.4. The molecule has 1 aromatic carbocycles. The van der Waals surface area contributed by atoms with Crippen LogP contribution < -0.4 is 5.32 Å². The maximum atomic E-state index is 11.0. The quantitative estimate of drug-likeness (QED) is 0.868. The molecule has 0 radical (unpaired) electrons. The number of hydrogen-bond donors (Lipinski definition) is 1. The topological polar surface area (TPSA) is 29.1 Å². The van der Waals surface area contributed by atoms with Gasteiger partial charge in [0.2, 0.25) is 0 Å². The van der Waals surface area contributed by atoms with Crippen molar-refractivity contribution in [3.8, 4) is 0 Å². The van der Waals surface area contributed by atoms with Gasteiger partial charge in [0.25, 0.3) is 0 Å². The van der Waals surface area contributed by atoms with Gasteiger partial charge in [-0.05, 0) is 30.4 Å². The van der Waals surface area contributed by atoms with Crippen LogP contribution in [0.1, 0.15) is 30.0 Å². The zero-order chi connectivity index (χ0) is 11.4. The highest BCUT2D eigenvalue weighted by Crippen LogP contribution is 2.29. The van der Waals surface area contributed by atoms with Crippen molar-refractivity contribution in [1.82, 2.24) is 5.32 Å². The van der Waals surface area contributed by atoms with Gasteiger partial charge >= 0.3 is 0 Å². The number of benzene rings is 1. The van der Waals surface area contributed by atoms with E-state index in [2.05, 4.69) is 29.6 Å². The molecule has 16 heavy (non-hydrogen) atoms. The van der Waals surface area contributed by atoms with Crippen LogP contribution in [0.25, 0.3) is 0 Å². The molecule has 1 aliphatic carbocycles.